The second-order valence-electron chi connectivity index (χ2n) is 13.7. The Kier molecular flexibility index (Phi) is 7.87. The van der Waals surface area contributed by atoms with Crippen LogP contribution in [-0.2, 0) is 27.5 Å². The number of hydrogen-bond acceptors (Lipinski definition) is 6. The SMILES string of the molecule is COc1cc(COc2ccc(C3C4=C(CC(C)(C)CC4=O)OC4=C3C(=O)CC(C)(C)C4)cc2)ccc1OCc1ccccc1. The van der Waals surface area contributed by atoms with Gasteiger partial charge in [0.2, 0.25) is 0 Å². The van der Waals surface area contributed by atoms with Crippen LogP contribution in [0.2, 0.25) is 0 Å². The maximum Gasteiger partial charge on any atom is 0.163 e. The van der Waals surface area contributed by atoms with Crippen LogP contribution in [0.25, 0.3) is 0 Å². The molecule has 0 atom stereocenters. The molecule has 6 rings (SSSR count). The summed E-state index contributed by atoms with van der Waals surface area (Å²) >= 11 is 0. The smallest absolute Gasteiger partial charge is 0.163 e. The molecule has 0 saturated carbocycles. The van der Waals surface area contributed by atoms with Crippen molar-refractivity contribution in [3.8, 4) is 17.2 Å². The summed E-state index contributed by atoms with van der Waals surface area (Å²) in [5.41, 5.74) is 3.86. The van der Waals surface area contributed by atoms with Gasteiger partial charge in [-0.05, 0) is 51.8 Å². The van der Waals surface area contributed by atoms with Crippen LogP contribution in [0, 0.1) is 10.8 Å². The molecule has 0 radical (unpaired) electrons. The monoisotopic (exact) mass is 592 g/mol. The van der Waals surface area contributed by atoms with E-state index in [-0.39, 0.29) is 22.4 Å². The predicted molar refractivity (Wildman–Crippen MR) is 168 cm³/mol. The molecule has 228 valence electrons. The Balaban J connectivity index is 1.20. The number of Topliss-reactive ketones (excluding diaryl/α,β-unsaturated/α-hetero) is 2. The lowest BCUT2D eigenvalue weighted by Gasteiger charge is -2.42. The molecule has 0 saturated heterocycles. The van der Waals surface area contributed by atoms with E-state index in [0.29, 0.717) is 67.3 Å². The zero-order valence-electron chi connectivity index (χ0n) is 26.2. The Labute approximate surface area is 259 Å². The van der Waals surface area contributed by atoms with Gasteiger partial charge in [0.15, 0.2) is 23.1 Å². The summed E-state index contributed by atoms with van der Waals surface area (Å²) in [4.78, 5) is 27.1. The van der Waals surface area contributed by atoms with Crippen molar-refractivity contribution in [2.24, 2.45) is 10.8 Å². The second-order valence-corrected chi connectivity index (χ2v) is 13.7. The lowest BCUT2D eigenvalue weighted by atomic mass is 9.65. The predicted octanol–water partition coefficient (Wildman–Crippen LogP) is 8.25. The van der Waals surface area contributed by atoms with Gasteiger partial charge in [-0.3, -0.25) is 9.59 Å². The molecule has 1 aliphatic heterocycles. The van der Waals surface area contributed by atoms with E-state index in [2.05, 4.69) is 27.7 Å². The third-order valence-electron chi connectivity index (χ3n) is 8.67. The van der Waals surface area contributed by atoms with Crippen molar-refractivity contribution in [2.45, 2.75) is 72.5 Å². The number of hydrogen-bond donors (Lipinski definition) is 0. The molecule has 44 heavy (non-hydrogen) atoms. The molecule has 1 heterocycles. The summed E-state index contributed by atoms with van der Waals surface area (Å²) in [5, 5.41) is 0. The molecule has 0 N–H and O–H groups in total. The molecule has 3 aromatic rings. The molecular weight excluding hydrogens is 552 g/mol. The number of rotatable bonds is 8. The van der Waals surface area contributed by atoms with Gasteiger partial charge in [0.05, 0.1) is 7.11 Å². The maximum atomic E-state index is 13.5. The van der Waals surface area contributed by atoms with Gasteiger partial charge in [0.1, 0.15) is 30.5 Å². The average molecular weight is 593 g/mol. The van der Waals surface area contributed by atoms with Gasteiger partial charge in [-0.2, -0.15) is 0 Å². The van der Waals surface area contributed by atoms with Gasteiger partial charge in [-0.15, -0.1) is 0 Å². The average Bonchev–Trinajstić information content (AvgIpc) is 2.97. The molecule has 6 nitrogen and oxygen atoms in total. The van der Waals surface area contributed by atoms with Gasteiger partial charge >= 0.3 is 0 Å². The fraction of sp³-hybridized carbons (Fsp3) is 0.368. The molecule has 2 aliphatic carbocycles. The Bertz CT molecular complexity index is 1590. The van der Waals surface area contributed by atoms with Crippen LogP contribution in [0.3, 0.4) is 0 Å². The molecule has 0 aromatic heterocycles. The molecule has 0 fully saturated rings. The van der Waals surface area contributed by atoms with Crippen LogP contribution in [0.4, 0.5) is 0 Å². The van der Waals surface area contributed by atoms with Crippen molar-refractivity contribution >= 4 is 11.6 Å². The van der Waals surface area contributed by atoms with E-state index in [4.69, 9.17) is 18.9 Å². The fourth-order valence-electron chi connectivity index (χ4n) is 6.59. The first kappa shape index (κ1) is 29.7. The number of carbonyl (C=O) groups is 2. The first-order valence-corrected chi connectivity index (χ1v) is 15.3. The molecule has 0 spiro atoms. The van der Waals surface area contributed by atoms with E-state index in [1.807, 2.05) is 72.8 Å². The summed E-state index contributed by atoms with van der Waals surface area (Å²) in [6.07, 6.45) is 2.23. The van der Waals surface area contributed by atoms with Crippen molar-refractivity contribution < 1.29 is 28.5 Å². The zero-order valence-corrected chi connectivity index (χ0v) is 26.2. The van der Waals surface area contributed by atoms with Crippen LogP contribution >= 0.6 is 0 Å². The van der Waals surface area contributed by atoms with Crippen molar-refractivity contribution in [1.82, 2.24) is 0 Å². The van der Waals surface area contributed by atoms with Gasteiger partial charge in [0.25, 0.3) is 0 Å². The standard InChI is InChI=1S/C38H40O6/c1-37(2)18-28(39)35-32(20-37)44-33-21-38(3,4)19-29(40)36(33)34(35)26-12-14-27(15-13-26)42-23-25-11-16-30(31(17-25)41-5)43-22-24-9-7-6-8-10-24/h6-17,34H,18-23H2,1-5H3. The second kappa shape index (κ2) is 11.6. The van der Waals surface area contributed by atoms with Crippen LogP contribution in [0.15, 0.2) is 95.5 Å². The van der Waals surface area contributed by atoms with Gasteiger partial charge in [-0.1, -0.05) is 76.2 Å². The number of benzene rings is 3. The van der Waals surface area contributed by atoms with E-state index >= 15 is 0 Å². The van der Waals surface area contributed by atoms with Gasteiger partial charge in [0, 0.05) is 42.7 Å². The lowest BCUT2D eigenvalue weighted by Crippen LogP contribution is -2.37. The van der Waals surface area contributed by atoms with E-state index in [1.54, 1.807) is 7.11 Å². The Morgan fingerprint density at radius 1 is 0.682 bits per heavy atom. The molecule has 0 amide bonds. The maximum absolute atomic E-state index is 13.5. The summed E-state index contributed by atoms with van der Waals surface area (Å²) in [7, 11) is 1.63. The van der Waals surface area contributed by atoms with Crippen LogP contribution in [0.1, 0.15) is 76.0 Å². The van der Waals surface area contributed by atoms with E-state index in [0.717, 1.165) is 28.2 Å². The Hall–Kier alpha value is -4.32. The third kappa shape index (κ3) is 6.17. The lowest BCUT2D eigenvalue weighted by molar-refractivity contribution is -0.120. The fourth-order valence-corrected chi connectivity index (χ4v) is 6.59. The summed E-state index contributed by atoms with van der Waals surface area (Å²) in [5.74, 6) is 3.18. The highest BCUT2D eigenvalue weighted by Crippen LogP contribution is 2.53. The molecule has 3 aliphatic rings. The van der Waals surface area contributed by atoms with Gasteiger partial charge in [-0.25, -0.2) is 0 Å². The summed E-state index contributed by atoms with van der Waals surface area (Å²) in [6, 6.07) is 23.6. The summed E-state index contributed by atoms with van der Waals surface area (Å²) in [6.45, 7) is 9.19. The highest BCUT2D eigenvalue weighted by molar-refractivity contribution is 6.06. The third-order valence-corrected chi connectivity index (χ3v) is 8.67. The number of allylic oxidation sites excluding steroid dienone is 4. The molecule has 0 bridgehead atoms. The van der Waals surface area contributed by atoms with Crippen molar-refractivity contribution in [2.75, 3.05) is 7.11 Å². The van der Waals surface area contributed by atoms with E-state index in [1.165, 1.54) is 0 Å². The Morgan fingerprint density at radius 3 is 1.86 bits per heavy atom. The molecule has 3 aromatic carbocycles. The topological polar surface area (TPSA) is 71.1 Å². The Morgan fingerprint density at radius 2 is 1.27 bits per heavy atom. The van der Waals surface area contributed by atoms with E-state index in [9.17, 15) is 9.59 Å². The molecular formula is C38H40O6. The van der Waals surface area contributed by atoms with Crippen molar-refractivity contribution in [3.63, 3.8) is 0 Å². The van der Waals surface area contributed by atoms with Gasteiger partial charge < -0.3 is 18.9 Å². The quantitative estimate of drug-likeness (QED) is 0.262. The number of ketones is 2. The minimum absolute atomic E-state index is 0.0657. The van der Waals surface area contributed by atoms with Crippen molar-refractivity contribution in [1.29, 1.82) is 0 Å². The number of methoxy groups -OCH3 is 1. The number of ether oxygens (including phenoxy) is 4. The minimum Gasteiger partial charge on any atom is -0.493 e. The number of carbonyl (C=O) groups excluding carboxylic acids is 2. The highest BCUT2D eigenvalue weighted by atomic mass is 16.5. The first-order valence-electron chi connectivity index (χ1n) is 15.3. The molecule has 0 unspecified atom stereocenters. The minimum atomic E-state index is -0.414. The zero-order chi connectivity index (χ0) is 31.1. The van der Waals surface area contributed by atoms with Crippen molar-refractivity contribution in [3.05, 3.63) is 112 Å². The molecule has 6 heteroatoms. The normalized spacial score (nSPS) is 19.2. The van der Waals surface area contributed by atoms with Crippen LogP contribution in [0.5, 0.6) is 17.2 Å². The first-order chi connectivity index (χ1) is 21.0. The highest BCUT2D eigenvalue weighted by Gasteiger charge is 2.47. The van der Waals surface area contributed by atoms with Crippen LogP contribution in [-0.4, -0.2) is 18.7 Å². The van der Waals surface area contributed by atoms with E-state index < -0.39 is 5.92 Å². The van der Waals surface area contributed by atoms with Crippen LogP contribution < -0.4 is 14.2 Å². The largest absolute Gasteiger partial charge is 0.493 e. The summed E-state index contributed by atoms with van der Waals surface area (Å²) < 4.78 is 24.1.